The van der Waals surface area contributed by atoms with Crippen LogP contribution in [0.4, 0.5) is 0 Å². The van der Waals surface area contributed by atoms with Gasteiger partial charge in [-0.25, -0.2) is 0 Å². The van der Waals surface area contributed by atoms with Crippen LogP contribution in [0.2, 0.25) is 0 Å². The van der Waals surface area contributed by atoms with Crippen LogP contribution >= 0.6 is 0 Å². The summed E-state index contributed by atoms with van der Waals surface area (Å²) < 4.78 is 0. The van der Waals surface area contributed by atoms with E-state index in [2.05, 4.69) is 11.9 Å². The van der Waals surface area contributed by atoms with E-state index in [1.165, 1.54) is 25.9 Å². The fourth-order valence-electron chi connectivity index (χ4n) is 2.33. The van der Waals surface area contributed by atoms with Crippen LogP contribution in [0.1, 0.15) is 25.7 Å². The number of likely N-dealkylation sites (tertiary alicyclic amines) is 1. The number of nitrogens with two attached hydrogens (primary N) is 2. The van der Waals surface area contributed by atoms with E-state index >= 15 is 0 Å². The zero-order valence-corrected chi connectivity index (χ0v) is 8.50. The lowest BCUT2D eigenvalue weighted by Crippen LogP contribution is -2.51. The van der Waals surface area contributed by atoms with Crippen LogP contribution in [0.25, 0.3) is 0 Å². The Balaban J connectivity index is 1.87. The molecule has 1 unspecified atom stereocenters. The summed E-state index contributed by atoms with van der Waals surface area (Å²) in [6.45, 7) is 2.38. The summed E-state index contributed by atoms with van der Waals surface area (Å²) in [6.07, 6.45) is 4.74. The summed E-state index contributed by atoms with van der Waals surface area (Å²) in [5, 5.41) is 0. The summed E-state index contributed by atoms with van der Waals surface area (Å²) in [5.41, 5.74) is 12.3. The highest BCUT2D eigenvalue weighted by Gasteiger charge is 2.47. The lowest BCUT2D eigenvalue weighted by atomic mass is 9.85. The first-order chi connectivity index (χ1) is 6.12. The highest BCUT2D eigenvalue weighted by molar-refractivity contribution is 5.08. The molecular formula is C10H21N3. The highest BCUT2D eigenvalue weighted by Crippen LogP contribution is 2.39. The highest BCUT2D eigenvalue weighted by atomic mass is 15.1. The average Bonchev–Trinajstić information content (AvgIpc) is 2.85. The molecule has 1 saturated carbocycles. The lowest BCUT2D eigenvalue weighted by Gasteiger charge is -2.35. The molecule has 1 aliphatic heterocycles. The predicted molar refractivity (Wildman–Crippen MR) is 54.3 cm³/mol. The predicted octanol–water partition coefficient (Wildman–Crippen LogP) is 0.147. The molecule has 1 saturated heterocycles. The normalized spacial score (nSPS) is 31.6. The SMILES string of the molecule is CN1CCC(C(N)C2(N)CC2)CC1. The standard InChI is InChI=1S/C10H21N3/c1-13-6-2-8(3-7-13)9(11)10(12)4-5-10/h8-9H,2-7,11-12H2,1H3. The smallest absolute Gasteiger partial charge is 0.0311 e. The van der Waals surface area contributed by atoms with Crippen molar-refractivity contribution in [3.63, 3.8) is 0 Å². The van der Waals surface area contributed by atoms with Gasteiger partial charge in [0.15, 0.2) is 0 Å². The monoisotopic (exact) mass is 183 g/mol. The molecule has 1 atom stereocenters. The molecule has 3 nitrogen and oxygen atoms in total. The van der Waals surface area contributed by atoms with Gasteiger partial charge in [-0.2, -0.15) is 0 Å². The van der Waals surface area contributed by atoms with Gasteiger partial charge < -0.3 is 16.4 Å². The third-order valence-corrected chi connectivity index (χ3v) is 3.76. The van der Waals surface area contributed by atoms with Crippen LogP contribution in [0, 0.1) is 5.92 Å². The largest absolute Gasteiger partial charge is 0.326 e. The van der Waals surface area contributed by atoms with Crippen LogP contribution in [-0.2, 0) is 0 Å². The fraction of sp³-hybridized carbons (Fsp3) is 1.00. The maximum Gasteiger partial charge on any atom is 0.0311 e. The Hall–Kier alpha value is -0.120. The maximum atomic E-state index is 6.19. The Morgan fingerprint density at radius 3 is 2.31 bits per heavy atom. The molecule has 13 heavy (non-hydrogen) atoms. The number of piperidine rings is 1. The second-order valence-corrected chi connectivity index (χ2v) is 4.90. The molecule has 0 amide bonds. The van der Waals surface area contributed by atoms with E-state index in [9.17, 15) is 0 Å². The summed E-state index contributed by atoms with van der Waals surface area (Å²) in [7, 11) is 2.18. The second-order valence-electron chi connectivity index (χ2n) is 4.90. The summed E-state index contributed by atoms with van der Waals surface area (Å²) in [5.74, 6) is 0.670. The topological polar surface area (TPSA) is 55.3 Å². The van der Waals surface area contributed by atoms with Crippen molar-refractivity contribution >= 4 is 0 Å². The van der Waals surface area contributed by atoms with Crippen LogP contribution in [-0.4, -0.2) is 36.6 Å². The van der Waals surface area contributed by atoms with Gasteiger partial charge in [0.2, 0.25) is 0 Å². The molecule has 0 radical (unpaired) electrons. The quantitative estimate of drug-likeness (QED) is 0.640. The second kappa shape index (κ2) is 3.23. The Morgan fingerprint density at radius 2 is 1.85 bits per heavy atom. The van der Waals surface area contributed by atoms with Crippen molar-refractivity contribution in [3.8, 4) is 0 Å². The summed E-state index contributed by atoms with van der Waals surface area (Å²) in [4.78, 5) is 2.37. The van der Waals surface area contributed by atoms with E-state index in [0.29, 0.717) is 5.92 Å². The Labute approximate surface area is 80.5 Å². The van der Waals surface area contributed by atoms with E-state index < -0.39 is 0 Å². The third kappa shape index (κ3) is 1.87. The van der Waals surface area contributed by atoms with Crippen molar-refractivity contribution in [1.29, 1.82) is 0 Å². The third-order valence-electron chi connectivity index (χ3n) is 3.76. The first-order valence-electron chi connectivity index (χ1n) is 5.35. The molecule has 0 aromatic carbocycles. The molecule has 0 bridgehead atoms. The van der Waals surface area contributed by atoms with E-state index in [-0.39, 0.29) is 11.6 Å². The van der Waals surface area contributed by atoms with E-state index in [0.717, 1.165) is 12.8 Å². The minimum absolute atomic E-state index is 0.0145. The molecule has 2 rings (SSSR count). The van der Waals surface area contributed by atoms with Crippen molar-refractivity contribution in [3.05, 3.63) is 0 Å². The van der Waals surface area contributed by atoms with Crippen molar-refractivity contribution < 1.29 is 0 Å². The van der Waals surface area contributed by atoms with Crippen molar-refractivity contribution in [1.82, 2.24) is 4.90 Å². The molecule has 2 aliphatic rings. The van der Waals surface area contributed by atoms with Crippen LogP contribution < -0.4 is 11.5 Å². The van der Waals surface area contributed by atoms with Gasteiger partial charge in [0.25, 0.3) is 0 Å². The van der Waals surface area contributed by atoms with Gasteiger partial charge in [-0.1, -0.05) is 0 Å². The Kier molecular flexibility index (Phi) is 2.34. The molecule has 0 spiro atoms. The van der Waals surface area contributed by atoms with E-state index in [1.54, 1.807) is 0 Å². The molecule has 0 aromatic heterocycles. The number of nitrogens with zero attached hydrogens (tertiary/aromatic N) is 1. The zero-order valence-electron chi connectivity index (χ0n) is 8.50. The van der Waals surface area contributed by atoms with Crippen molar-refractivity contribution in [2.45, 2.75) is 37.3 Å². The zero-order chi connectivity index (χ0) is 9.47. The molecular weight excluding hydrogens is 162 g/mol. The lowest BCUT2D eigenvalue weighted by molar-refractivity contribution is 0.185. The van der Waals surface area contributed by atoms with E-state index in [4.69, 9.17) is 11.5 Å². The molecule has 2 fully saturated rings. The van der Waals surface area contributed by atoms with Gasteiger partial charge in [-0.15, -0.1) is 0 Å². The van der Waals surface area contributed by atoms with Gasteiger partial charge >= 0.3 is 0 Å². The van der Waals surface area contributed by atoms with Gasteiger partial charge in [0.05, 0.1) is 0 Å². The summed E-state index contributed by atoms with van der Waals surface area (Å²) in [6, 6.07) is 0.251. The Morgan fingerprint density at radius 1 is 1.31 bits per heavy atom. The number of hydrogen-bond donors (Lipinski definition) is 2. The molecule has 0 aromatic rings. The first kappa shape index (κ1) is 9.44. The number of rotatable bonds is 2. The fourth-order valence-corrected chi connectivity index (χ4v) is 2.33. The van der Waals surface area contributed by atoms with Crippen molar-refractivity contribution in [2.24, 2.45) is 17.4 Å². The minimum Gasteiger partial charge on any atom is -0.326 e. The van der Waals surface area contributed by atoms with Crippen LogP contribution in [0.3, 0.4) is 0 Å². The van der Waals surface area contributed by atoms with Crippen LogP contribution in [0.15, 0.2) is 0 Å². The molecule has 1 aliphatic carbocycles. The van der Waals surface area contributed by atoms with Gasteiger partial charge in [0.1, 0.15) is 0 Å². The van der Waals surface area contributed by atoms with Crippen molar-refractivity contribution in [2.75, 3.05) is 20.1 Å². The molecule has 4 N–H and O–H groups in total. The molecule has 1 heterocycles. The number of hydrogen-bond acceptors (Lipinski definition) is 3. The average molecular weight is 183 g/mol. The molecule has 3 heteroatoms. The van der Waals surface area contributed by atoms with Gasteiger partial charge in [-0.05, 0) is 51.7 Å². The van der Waals surface area contributed by atoms with E-state index in [1.807, 2.05) is 0 Å². The maximum absolute atomic E-state index is 6.19. The van der Waals surface area contributed by atoms with Gasteiger partial charge in [-0.3, -0.25) is 0 Å². The Bertz CT molecular complexity index is 181. The van der Waals surface area contributed by atoms with Gasteiger partial charge in [0, 0.05) is 11.6 Å². The minimum atomic E-state index is 0.0145. The first-order valence-corrected chi connectivity index (χ1v) is 5.35. The molecule has 76 valence electrons. The summed E-state index contributed by atoms with van der Waals surface area (Å²) >= 11 is 0. The van der Waals surface area contributed by atoms with Crippen LogP contribution in [0.5, 0.6) is 0 Å².